The van der Waals surface area contributed by atoms with Gasteiger partial charge in [-0.3, -0.25) is 5.10 Å². The number of hydrogen-bond donors (Lipinski definition) is 3. The standard InChI is InChI=1S/C8H11N3O2/c12-8(13)6-4-10-11-7(6)5-1-2-9-3-5/h4-5,9H,1-3H2,(H,10,11)(H,12,13). The Morgan fingerprint density at radius 1 is 1.69 bits per heavy atom. The van der Waals surface area contributed by atoms with Gasteiger partial charge < -0.3 is 10.4 Å². The van der Waals surface area contributed by atoms with Gasteiger partial charge in [0.2, 0.25) is 0 Å². The first-order valence-electron chi connectivity index (χ1n) is 4.26. The van der Waals surface area contributed by atoms with Crippen LogP contribution in [0, 0.1) is 0 Å². The van der Waals surface area contributed by atoms with Crippen LogP contribution < -0.4 is 5.32 Å². The molecular weight excluding hydrogens is 170 g/mol. The van der Waals surface area contributed by atoms with Gasteiger partial charge in [0.1, 0.15) is 5.56 Å². The molecule has 1 aliphatic rings. The fourth-order valence-corrected chi connectivity index (χ4v) is 1.68. The molecule has 5 nitrogen and oxygen atoms in total. The van der Waals surface area contributed by atoms with Crippen molar-refractivity contribution in [3.8, 4) is 0 Å². The van der Waals surface area contributed by atoms with E-state index in [4.69, 9.17) is 5.11 Å². The van der Waals surface area contributed by atoms with Crippen LogP contribution in [-0.4, -0.2) is 34.4 Å². The molecule has 0 aromatic carbocycles. The van der Waals surface area contributed by atoms with Crippen molar-refractivity contribution in [2.75, 3.05) is 13.1 Å². The summed E-state index contributed by atoms with van der Waals surface area (Å²) in [5.41, 5.74) is 1.05. The van der Waals surface area contributed by atoms with Crippen molar-refractivity contribution < 1.29 is 9.90 Å². The Bertz CT molecular complexity index is 315. The molecule has 0 amide bonds. The second-order valence-electron chi connectivity index (χ2n) is 3.19. The van der Waals surface area contributed by atoms with E-state index in [2.05, 4.69) is 15.5 Å². The van der Waals surface area contributed by atoms with Crippen molar-refractivity contribution in [2.24, 2.45) is 0 Å². The first-order chi connectivity index (χ1) is 6.29. The zero-order chi connectivity index (χ0) is 9.26. The number of nitrogens with zero attached hydrogens (tertiary/aromatic N) is 1. The lowest BCUT2D eigenvalue weighted by Gasteiger charge is -2.05. The number of nitrogens with one attached hydrogen (secondary N) is 2. The van der Waals surface area contributed by atoms with E-state index < -0.39 is 5.97 Å². The number of aromatic nitrogens is 2. The maximum atomic E-state index is 10.8. The summed E-state index contributed by atoms with van der Waals surface area (Å²) >= 11 is 0. The summed E-state index contributed by atoms with van der Waals surface area (Å²) in [6.07, 6.45) is 2.35. The Hall–Kier alpha value is -1.36. The van der Waals surface area contributed by atoms with Crippen LogP contribution in [0.1, 0.15) is 28.4 Å². The average molecular weight is 181 g/mol. The lowest BCUT2D eigenvalue weighted by molar-refractivity contribution is 0.0695. The molecule has 2 rings (SSSR count). The van der Waals surface area contributed by atoms with Gasteiger partial charge in [-0.25, -0.2) is 4.79 Å². The minimum atomic E-state index is -0.907. The van der Waals surface area contributed by atoms with Crippen molar-refractivity contribution in [2.45, 2.75) is 12.3 Å². The second kappa shape index (κ2) is 3.18. The highest BCUT2D eigenvalue weighted by Gasteiger charge is 2.23. The summed E-state index contributed by atoms with van der Waals surface area (Å²) in [5, 5.41) is 18.5. The van der Waals surface area contributed by atoms with E-state index in [1.54, 1.807) is 0 Å². The normalized spacial score (nSPS) is 22.0. The van der Waals surface area contributed by atoms with Gasteiger partial charge in [0.25, 0.3) is 0 Å². The van der Waals surface area contributed by atoms with Crippen molar-refractivity contribution in [1.29, 1.82) is 0 Å². The Morgan fingerprint density at radius 2 is 2.54 bits per heavy atom. The maximum Gasteiger partial charge on any atom is 0.339 e. The van der Waals surface area contributed by atoms with E-state index in [0.717, 1.165) is 25.2 Å². The number of hydrogen-bond acceptors (Lipinski definition) is 3. The summed E-state index contributed by atoms with van der Waals surface area (Å²) in [4.78, 5) is 10.8. The third-order valence-corrected chi connectivity index (χ3v) is 2.37. The Labute approximate surface area is 75.2 Å². The molecule has 1 aliphatic heterocycles. The third-order valence-electron chi connectivity index (χ3n) is 2.37. The van der Waals surface area contributed by atoms with Crippen LogP contribution in [0.2, 0.25) is 0 Å². The molecule has 1 aromatic rings. The van der Waals surface area contributed by atoms with Crippen LogP contribution in [0.3, 0.4) is 0 Å². The molecule has 13 heavy (non-hydrogen) atoms. The number of H-pyrrole nitrogens is 1. The number of carboxylic acids is 1. The zero-order valence-electron chi connectivity index (χ0n) is 7.08. The van der Waals surface area contributed by atoms with Crippen molar-refractivity contribution in [1.82, 2.24) is 15.5 Å². The third kappa shape index (κ3) is 1.42. The van der Waals surface area contributed by atoms with Gasteiger partial charge in [-0.05, 0) is 13.0 Å². The highest BCUT2D eigenvalue weighted by molar-refractivity contribution is 5.88. The fourth-order valence-electron chi connectivity index (χ4n) is 1.68. The molecular formula is C8H11N3O2. The molecule has 1 fully saturated rings. The molecule has 1 saturated heterocycles. The van der Waals surface area contributed by atoms with Crippen LogP contribution in [-0.2, 0) is 0 Å². The van der Waals surface area contributed by atoms with Gasteiger partial charge >= 0.3 is 5.97 Å². The SMILES string of the molecule is O=C(O)c1cn[nH]c1C1CCNC1. The number of carboxylic acid groups (broad SMARTS) is 1. The van der Waals surface area contributed by atoms with Gasteiger partial charge in [0, 0.05) is 12.5 Å². The summed E-state index contributed by atoms with van der Waals surface area (Å²) in [5.74, 6) is -0.635. The van der Waals surface area contributed by atoms with Crippen molar-refractivity contribution >= 4 is 5.97 Å². The summed E-state index contributed by atoms with van der Waals surface area (Å²) in [7, 11) is 0. The minimum absolute atomic E-state index is 0.272. The van der Waals surface area contributed by atoms with Crippen LogP contribution in [0.5, 0.6) is 0 Å². The highest BCUT2D eigenvalue weighted by atomic mass is 16.4. The Kier molecular flexibility index (Phi) is 2.02. The van der Waals surface area contributed by atoms with Gasteiger partial charge in [-0.15, -0.1) is 0 Å². The molecule has 3 N–H and O–H groups in total. The Morgan fingerprint density at radius 3 is 3.15 bits per heavy atom. The van der Waals surface area contributed by atoms with Crippen molar-refractivity contribution in [3.05, 3.63) is 17.5 Å². The second-order valence-corrected chi connectivity index (χ2v) is 3.19. The topological polar surface area (TPSA) is 78.0 Å². The molecule has 1 atom stereocenters. The molecule has 0 radical (unpaired) electrons. The first-order valence-corrected chi connectivity index (χ1v) is 4.26. The van der Waals surface area contributed by atoms with E-state index in [-0.39, 0.29) is 5.92 Å². The van der Waals surface area contributed by atoms with Gasteiger partial charge in [-0.2, -0.15) is 5.10 Å². The number of aromatic carboxylic acids is 1. The number of aromatic amines is 1. The van der Waals surface area contributed by atoms with E-state index in [9.17, 15) is 4.79 Å². The van der Waals surface area contributed by atoms with Crippen molar-refractivity contribution in [3.63, 3.8) is 0 Å². The highest BCUT2D eigenvalue weighted by Crippen LogP contribution is 2.23. The number of rotatable bonds is 2. The first kappa shape index (κ1) is 8.25. The molecule has 0 aliphatic carbocycles. The summed E-state index contributed by atoms with van der Waals surface area (Å²) < 4.78 is 0. The molecule has 0 saturated carbocycles. The predicted octanol–water partition coefficient (Wildman–Crippen LogP) is 0.185. The van der Waals surface area contributed by atoms with E-state index in [1.807, 2.05) is 0 Å². The van der Waals surface area contributed by atoms with Crippen LogP contribution in [0.4, 0.5) is 0 Å². The minimum Gasteiger partial charge on any atom is -0.478 e. The van der Waals surface area contributed by atoms with Gasteiger partial charge in [-0.1, -0.05) is 0 Å². The summed E-state index contributed by atoms with van der Waals surface area (Å²) in [6, 6.07) is 0. The molecule has 0 spiro atoms. The molecule has 2 heterocycles. The molecule has 1 unspecified atom stereocenters. The van der Waals surface area contributed by atoms with Crippen LogP contribution >= 0.6 is 0 Å². The molecule has 0 bridgehead atoms. The predicted molar refractivity (Wildman–Crippen MR) is 45.8 cm³/mol. The smallest absolute Gasteiger partial charge is 0.339 e. The summed E-state index contributed by atoms with van der Waals surface area (Å²) in [6.45, 7) is 1.78. The largest absolute Gasteiger partial charge is 0.478 e. The molecule has 1 aromatic heterocycles. The van der Waals surface area contributed by atoms with Crippen LogP contribution in [0.25, 0.3) is 0 Å². The monoisotopic (exact) mass is 181 g/mol. The fraction of sp³-hybridized carbons (Fsp3) is 0.500. The van der Waals surface area contributed by atoms with Gasteiger partial charge in [0.05, 0.1) is 11.9 Å². The maximum absolute atomic E-state index is 10.8. The quantitative estimate of drug-likeness (QED) is 0.608. The lowest BCUT2D eigenvalue weighted by atomic mass is 10.0. The van der Waals surface area contributed by atoms with E-state index in [1.165, 1.54) is 6.20 Å². The Balaban J connectivity index is 2.28. The number of carbonyl (C=O) groups is 1. The van der Waals surface area contributed by atoms with Gasteiger partial charge in [0.15, 0.2) is 0 Å². The van der Waals surface area contributed by atoms with E-state index in [0.29, 0.717) is 5.56 Å². The lowest BCUT2D eigenvalue weighted by Crippen LogP contribution is -2.10. The molecule has 5 heteroatoms. The van der Waals surface area contributed by atoms with E-state index >= 15 is 0 Å². The van der Waals surface area contributed by atoms with Crippen LogP contribution in [0.15, 0.2) is 6.20 Å². The zero-order valence-corrected chi connectivity index (χ0v) is 7.08. The average Bonchev–Trinajstić information content (AvgIpc) is 2.74. The molecule has 70 valence electrons.